The van der Waals surface area contributed by atoms with Gasteiger partial charge in [0.15, 0.2) is 0 Å². The first-order valence-corrected chi connectivity index (χ1v) is 10.9. The molecule has 31 heavy (non-hydrogen) atoms. The summed E-state index contributed by atoms with van der Waals surface area (Å²) in [6.07, 6.45) is 0. The Hall–Kier alpha value is -2.77. The number of anilines is 1. The molecule has 1 aliphatic rings. The Morgan fingerprint density at radius 2 is 1.68 bits per heavy atom. The molecule has 1 fully saturated rings. The van der Waals surface area contributed by atoms with Crippen LogP contribution >= 0.6 is 0 Å². The van der Waals surface area contributed by atoms with Gasteiger partial charge < -0.3 is 10.2 Å². The monoisotopic (exact) mass is 426 g/mol. The van der Waals surface area contributed by atoms with E-state index in [0.717, 1.165) is 19.6 Å². The number of hydrogen-bond donors (Lipinski definition) is 1. The molecule has 1 aliphatic heterocycles. The summed E-state index contributed by atoms with van der Waals surface area (Å²) in [5.74, 6) is -0.543. The number of piperazine rings is 1. The fraction of sp³-hybridized carbons (Fsp3) is 0.417. The number of benzene rings is 2. The smallest absolute Gasteiger partial charge is 0.253 e. The summed E-state index contributed by atoms with van der Waals surface area (Å²) in [4.78, 5) is 31.2. The van der Waals surface area contributed by atoms with Crippen molar-refractivity contribution >= 4 is 17.5 Å². The SMILES string of the molecule is CCN(CC)Cc1ccc(C(=O)N2CCN(CC(=O)Nc3cccc(F)c3)CC2)cc1. The van der Waals surface area contributed by atoms with Gasteiger partial charge >= 0.3 is 0 Å². The van der Waals surface area contributed by atoms with E-state index in [2.05, 4.69) is 24.1 Å². The van der Waals surface area contributed by atoms with E-state index in [1.807, 2.05) is 34.1 Å². The molecular formula is C24H31FN4O2. The third kappa shape index (κ3) is 6.60. The molecule has 0 bridgehead atoms. The van der Waals surface area contributed by atoms with Crippen LogP contribution in [0.2, 0.25) is 0 Å². The lowest BCUT2D eigenvalue weighted by molar-refractivity contribution is -0.117. The minimum Gasteiger partial charge on any atom is -0.336 e. The highest BCUT2D eigenvalue weighted by molar-refractivity contribution is 5.94. The Morgan fingerprint density at radius 1 is 1.00 bits per heavy atom. The van der Waals surface area contributed by atoms with E-state index < -0.39 is 0 Å². The maximum absolute atomic E-state index is 13.2. The first kappa shape index (κ1) is 22.9. The summed E-state index contributed by atoms with van der Waals surface area (Å²) in [6.45, 7) is 9.81. The zero-order valence-electron chi connectivity index (χ0n) is 18.3. The van der Waals surface area contributed by atoms with Crippen LogP contribution in [0.15, 0.2) is 48.5 Å². The molecule has 0 spiro atoms. The Labute approximate surface area is 183 Å². The van der Waals surface area contributed by atoms with E-state index in [1.54, 1.807) is 12.1 Å². The first-order chi connectivity index (χ1) is 15.0. The van der Waals surface area contributed by atoms with Crippen molar-refractivity contribution in [2.45, 2.75) is 20.4 Å². The van der Waals surface area contributed by atoms with Gasteiger partial charge in [0.05, 0.1) is 6.54 Å². The van der Waals surface area contributed by atoms with Crippen LogP contribution in [0.3, 0.4) is 0 Å². The third-order valence-electron chi connectivity index (χ3n) is 5.64. The largest absolute Gasteiger partial charge is 0.336 e. The van der Waals surface area contributed by atoms with E-state index in [1.165, 1.54) is 17.7 Å². The highest BCUT2D eigenvalue weighted by Crippen LogP contribution is 2.13. The van der Waals surface area contributed by atoms with E-state index in [-0.39, 0.29) is 24.2 Å². The maximum atomic E-state index is 13.2. The molecule has 6 nitrogen and oxygen atoms in total. The fourth-order valence-corrected chi connectivity index (χ4v) is 3.72. The van der Waals surface area contributed by atoms with Crippen molar-refractivity contribution in [1.82, 2.24) is 14.7 Å². The number of halogens is 1. The maximum Gasteiger partial charge on any atom is 0.253 e. The lowest BCUT2D eigenvalue weighted by Crippen LogP contribution is -2.50. The van der Waals surface area contributed by atoms with Crippen LogP contribution in [0.4, 0.5) is 10.1 Å². The van der Waals surface area contributed by atoms with Crippen LogP contribution in [0, 0.1) is 5.82 Å². The summed E-state index contributed by atoms with van der Waals surface area (Å²) in [7, 11) is 0. The molecule has 1 N–H and O–H groups in total. The van der Waals surface area contributed by atoms with Gasteiger partial charge in [0.1, 0.15) is 5.82 Å². The molecule has 166 valence electrons. The minimum atomic E-state index is -0.383. The molecule has 0 atom stereocenters. The van der Waals surface area contributed by atoms with Crippen molar-refractivity contribution in [3.63, 3.8) is 0 Å². The number of hydrogen-bond acceptors (Lipinski definition) is 4. The molecule has 2 aromatic carbocycles. The number of nitrogens with one attached hydrogen (secondary N) is 1. The third-order valence-corrected chi connectivity index (χ3v) is 5.64. The van der Waals surface area contributed by atoms with Crippen LogP contribution in [0.5, 0.6) is 0 Å². The van der Waals surface area contributed by atoms with Gasteiger partial charge in [-0.2, -0.15) is 0 Å². The Bertz CT molecular complexity index is 875. The molecule has 1 heterocycles. The topological polar surface area (TPSA) is 55.9 Å². The fourth-order valence-electron chi connectivity index (χ4n) is 3.72. The van der Waals surface area contributed by atoms with E-state index in [0.29, 0.717) is 37.4 Å². The van der Waals surface area contributed by atoms with Gasteiger partial charge in [0.25, 0.3) is 5.91 Å². The molecular weight excluding hydrogens is 395 g/mol. The zero-order valence-corrected chi connectivity index (χ0v) is 18.3. The van der Waals surface area contributed by atoms with Gasteiger partial charge in [-0.3, -0.25) is 19.4 Å². The molecule has 2 aromatic rings. The van der Waals surface area contributed by atoms with Crippen molar-refractivity contribution in [1.29, 1.82) is 0 Å². The minimum absolute atomic E-state index is 0.0262. The zero-order chi connectivity index (χ0) is 22.2. The number of rotatable bonds is 8. The second-order valence-electron chi connectivity index (χ2n) is 7.79. The van der Waals surface area contributed by atoms with Crippen molar-refractivity contribution in [2.24, 2.45) is 0 Å². The molecule has 0 radical (unpaired) electrons. The van der Waals surface area contributed by atoms with Crippen LogP contribution in [-0.2, 0) is 11.3 Å². The summed E-state index contributed by atoms with van der Waals surface area (Å²) < 4.78 is 13.2. The Morgan fingerprint density at radius 3 is 2.29 bits per heavy atom. The van der Waals surface area contributed by atoms with E-state index >= 15 is 0 Å². The average molecular weight is 427 g/mol. The number of carbonyl (C=O) groups is 2. The summed E-state index contributed by atoms with van der Waals surface area (Å²) in [5.41, 5.74) is 2.35. The van der Waals surface area contributed by atoms with Crippen LogP contribution in [0.1, 0.15) is 29.8 Å². The summed E-state index contributed by atoms with van der Waals surface area (Å²) in [6, 6.07) is 13.7. The van der Waals surface area contributed by atoms with Gasteiger partial charge in [-0.05, 0) is 49.0 Å². The number of carbonyl (C=O) groups excluding carboxylic acids is 2. The number of nitrogens with zero attached hydrogens (tertiary/aromatic N) is 3. The number of amides is 2. The normalized spacial score (nSPS) is 14.6. The quantitative estimate of drug-likeness (QED) is 0.705. The molecule has 0 aliphatic carbocycles. The second-order valence-corrected chi connectivity index (χ2v) is 7.79. The van der Waals surface area contributed by atoms with Gasteiger partial charge in [-0.15, -0.1) is 0 Å². The van der Waals surface area contributed by atoms with Gasteiger partial charge in [-0.25, -0.2) is 4.39 Å². The molecule has 0 aromatic heterocycles. The summed E-state index contributed by atoms with van der Waals surface area (Å²) in [5, 5.41) is 2.71. The molecule has 0 unspecified atom stereocenters. The van der Waals surface area contributed by atoms with Crippen molar-refractivity contribution < 1.29 is 14.0 Å². The summed E-state index contributed by atoms with van der Waals surface area (Å²) >= 11 is 0. The van der Waals surface area contributed by atoms with Gasteiger partial charge in [0.2, 0.25) is 5.91 Å². The van der Waals surface area contributed by atoms with E-state index in [9.17, 15) is 14.0 Å². The van der Waals surface area contributed by atoms with Crippen LogP contribution in [-0.4, -0.2) is 72.3 Å². The Balaban J connectivity index is 1.46. The van der Waals surface area contributed by atoms with Gasteiger partial charge in [0, 0.05) is 44.0 Å². The first-order valence-electron chi connectivity index (χ1n) is 10.9. The van der Waals surface area contributed by atoms with Crippen LogP contribution < -0.4 is 5.32 Å². The van der Waals surface area contributed by atoms with Gasteiger partial charge in [-0.1, -0.05) is 32.0 Å². The molecule has 0 saturated carbocycles. The van der Waals surface area contributed by atoms with Crippen molar-refractivity contribution in [3.8, 4) is 0 Å². The molecule has 1 saturated heterocycles. The van der Waals surface area contributed by atoms with Crippen LogP contribution in [0.25, 0.3) is 0 Å². The highest BCUT2D eigenvalue weighted by Gasteiger charge is 2.23. The van der Waals surface area contributed by atoms with Crippen molar-refractivity contribution in [2.75, 3.05) is 51.1 Å². The second kappa shape index (κ2) is 11.0. The average Bonchev–Trinajstić information content (AvgIpc) is 2.78. The predicted molar refractivity (Wildman–Crippen MR) is 120 cm³/mol. The highest BCUT2D eigenvalue weighted by atomic mass is 19.1. The van der Waals surface area contributed by atoms with E-state index in [4.69, 9.17) is 0 Å². The molecule has 2 amide bonds. The van der Waals surface area contributed by atoms with Crippen molar-refractivity contribution in [3.05, 3.63) is 65.5 Å². The molecule has 7 heteroatoms. The molecule has 3 rings (SSSR count). The lowest BCUT2D eigenvalue weighted by Gasteiger charge is -2.34. The standard InChI is InChI=1S/C24H31FN4O2/c1-3-27(4-2)17-19-8-10-20(11-9-19)24(31)29-14-12-28(13-15-29)18-23(30)26-22-7-5-6-21(25)16-22/h5-11,16H,3-4,12-15,17-18H2,1-2H3,(H,26,30). The predicted octanol–water partition coefficient (Wildman–Crippen LogP) is 3.06. The lowest BCUT2D eigenvalue weighted by atomic mass is 10.1. The Kier molecular flexibility index (Phi) is 8.14.